The van der Waals surface area contributed by atoms with Gasteiger partial charge in [0.2, 0.25) is 0 Å². The molecule has 1 rings (SSSR count). The van der Waals surface area contributed by atoms with Crippen molar-refractivity contribution in [3.63, 3.8) is 0 Å². The van der Waals surface area contributed by atoms with Gasteiger partial charge in [-0.3, -0.25) is 0 Å². The van der Waals surface area contributed by atoms with Crippen LogP contribution < -0.4 is 5.73 Å². The van der Waals surface area contributed by atoms with E-state index in [1.807, 2.05) is 39.0 Å². The van der Waals surface area contributed by atoms with Crippen LogP contribution in [0.1, 0.15) is 26.3 Å². The lowest BCUT2D eigenvalue weighted by Gasteiger charge is -2.23. The Balaban J connectivity index is 3.08. The fraction of sp³-hybridized carbons (Fsp3) is 0.333. The highest BCUT2D eigenvalue weighted by atomic mass is 14.7. The van der Waals surface area contributed by atoms with Crippen LogP contribution in [0.25, 0.3) is 5.57 Å². The molecule has 0 saturated heterocycles. The van der Waals surface area contributed by atoms with E-state index in [9.17, 15) is 0 Å². The van der Waals surface area contributed by atoms with Gasteiger partial charge in [0.1, 0.15) is 0 Å². The highest BCUT2D eigenvalue weighted by molar-refractivity contribution is 5.71. The van der Waals surface area contributed by atoms with Gasteiger partial charge in [-0.15, -0.1) is 0 Å². The van der Waals surface area contributed by atoms with Crippen molar-refractivity contribution >= 4 is 5.57 Å². The van der Waals surface area contributed by atoms with Gasteiger partial charge in [0.25, 0.3) is 0 Å². The molecule has 0 aliphatic heterocycles. The minimum atomic E-state index is -0.268. The molecule has 0 radical (unpaired) electrons. The SMILES string of the molecule is C/C=C(/c1ccccc1)C(C)(C)N. The molecule has 0 aromatic heterocycles. The molecule has 1 aromatic carbocycles. The molecule has 0 fully saturated rings. The Morgan fingerprint density at radius 2 is 1.77 bits per heavy atom. The van der Waals surface area contributed by atoms with Crippen LogP contribution in [-0.2, 0) is 0 Å². The predicted molar refractivity (Wildman–Crippen MR) is 58.4 cm³/mol. The number of rotatable bonds is 2. The van der Waals surface area contributed by atoms with Crippen LogP contribution in [0.5, 0.6) is 0 Å². The van der Waals surface area contributed by atoms with Crippen molar-refractivity contribution in [3.8, 4) is 0 Å². The number of hydrogen-bond acceptors (Lipinski definition) is 1. The van der Waals surface area contributed by atoms with Crippen LogP contribution in [0.2, 0.25) is 0 Å². The third-order valence-electron chi connectivity index (χ3n) is 2.07. The van der Waals surface area contributed by atoms with Crippen molar-refractivity contribution in [2.24, 2.45) is 5.73 Å². The lowest BCUT2D eigenvalue weighted by Crippen LogP contribution is -2.33. The van der Waals surface area contributed by atoms with Crippen molar-refractivity contribution in [2.75, 3.05) is 0 Å². The quantitative estimate of drug-likeness (QED) is 0.735. The molecular weight excluding hydrogens is 158 g/mol. The van der Waals surface area contributed by atoms with Crippen molar-refractivity contribution in [3.05, 3.63) is 42.0 Å². The molecule has 0 aliphatic rings. The Hall–Kier alpha value is -1.08. The molecule has 0 heterocycles. The van der Waals surface area contributed by atoms with Crippen molar-refractivity contribution < 1.29 is 0 Å². The normalized spacial score (nSPS) is 13.1. The lowest BCUT2D eigenvalue weighted by atomic mass is 9.89. The van der Waals surface area contributed by atoms with E-state index in [4.69, 9.17) is 5.73 Å². The van der Waals surface area contributed by atoms with Crippen LogP contribution in [-0.4, -0.2) is 5.54 Å². The van der Waals surface area contributed by atoms with Gasteiger partial charge in [-0.05, 0) is 31.9 Å². The Labute approximate surface area is 80.3 Å². The van der Waals surface area contributed by atoms with Gasteiger partial charge >= 0.3 is 0 Å². The van der Waals surface area contributed by atoms with E-state index in [0.29, 0.717) is 0 Å². The molecule has 0 bridgehead atoms. The third-order valence-corrected chi connectivity index (χ3v) is 2.07. The molecule has 2 N–H and O–H groups in total. The van der Waals surface area contributed by atoms with E-state index >= 15 is 0 Å². The fourth-order valence-electron chi connectivity index (χ4n) is 1.53. The smallest absolute Gasteiger partial charge is 0.0355 e. The summed E-state index contributed by atoms with van der Waals surface area (Å²) in [6.45, 7) is 6.07. The molecule has 0 saturated carbocycles. The summed E-state index contributed by atoms with van der Waals surface area (Å²) in [6, 6.07) is 10.3. The fourth-order valence-corrected chi connectivity index (χ4v) is 1.53. The van der Waals surface area contributed by atoms with Gasteiger partial charge < -0.3 is 5.73 Å². The summed E-state index contributed by atoms with van der Waals surface area (Å²) in [5.41, 5.74) is 8.18. The largest absolute Gasteiger partial charge is 0.322 e. The van der Waals surface area contributed by atoms with Crippen LogP contribution in [0, 0.1) is 0 Å². The topological polar surface area (TPSA) is 26.0 Å². The van der Waals surface area contributed by atoms with Crippen molar-refractivity contribution in [1.29, 1.82) is 0 Å². The van der Waals surface area contributed by atoms with Crippen LogP contribution >= 0.6 is 0 Å². The molecular formula is C12H17N. The number of hydrogen-bond donors (Lipinski definition) is 1. The molecule has 0 unspecified atom stereocenters. The van der Waals surface area contributed by atoms with Crippen LogP contribution in [0.3, 0.4) is 0 Å². The summed E-state index contributed by atoms with van der Waals surface area (Å²) in [5, 5.41) is 0. The average Bonchev–Trinajstić information content (AvgIpc) is 2.05. The van der Waals surface area contributed by atoms with E-state index in [2.05, 4.69) is 18.2 Å². The van der Waals surface area contributed by atoms with Gasteiger partial charge in [0, 0.05) is 5.54 Å². The Morgan fingerprint density at radius 1 is 1.23 bits per heavy atom. The van der Waals surface area contributed by atoms with Crippen molar-refractivity contribution in [2.45, 2.75) is 26.3 Å². The maximum atomic E-state index is 6.05. The predicted octanol–water partition coefficient (Wildman–Crippen LogP) is 2.83. The van der Waals surface area contributed by atoms with Gasteiger partial charge in [0.15, 0.2) is 0 Å². The molecule has 0 atom stereocenters. The summed E-state index contributed by atoms with van der Waals surface area (Å²) in [4.78, 5) is 0. The molecule has 1 heteroatoms. The number of allylic oxidation sites excluding steroid dienone is 1. The minimum Gasteiger partial charge on any atom is -0.322 e. The zero-order valence-electron chi connectivity index (χ0n) is 8.54. The lowest BCUT2D eigenvalue weighted by molar-refractivity contribution is 0.674. The number of nitrogens with two attached hydrogens (primary N) is 1. The third kappa shape index (κ3) is 2.43. The van der Waals surface area contributed by atoms with Crippen LogP contribution in [0.4, 0.5) is 0 Å². The zero-order valence-corrected chi connectivity index (χ0v) is 8.54. The van der Waals surface area contributed by atoms with Crippen molar-refractivity contribution in [1.82, 2.24) is 0 Å². The Bertz CT molecular complexity index is 291. The first-order valence-electron chi connectivity index (χ1n) is 4.57. The maximum absolute atomic E-state index is 6.05. The van der Waals surface area contributed by atoms with Gasteiger partial charge in [-0.2, -0.15) is 0 Å². The number of benzene rings is 1. The highest BCUT2D eigenvalue weighted by Gasteiger charge is 2.17. The molecule has 70 valence electrons. The molecule has 0 aliphatic carbocycles. The molecule has 0 amide bonds. The summed E-state index contributed by atoms with van der Waals surface area (Å²) < 4.78 is 0. The first-order valence-corrected chi connectivity index (χ1v) is 4.57. The minimum absolute atomic E-state index is 0.268. The van der Waals surface area contributed by atoms with Gasteiger partial charge in [-0.1, -0.05) is 36.4 Å². The average molecular weight is 175 g/mol. The van der Waals surface area contributed by atoms with E-state index in [1.54, 1.807) is 0 Å². The maximum Gasteiger partial charge on any atom is 0.0355 e. The molecule has 13 heavy (non-hydrogen) atoms. The standard InChI is InChI=1S/C12H17N/c1-4-11(12(2,3)13)10-8-6-5-7-9-10/h4-9H,13H2,1-3H3/b11-4-. The molecule has 0 spiro atoms. The second kappa shape index (κ2) is 3.75. The summed E-state index contributed by atoms with van der Waals surface area (Å²) >= 11 is 0. The second-order valence-corrected chi connectivity index (χ2v) is 3.79. The summed E-state index contributed by atoms with van der Waals surface area (Å²) in [7, 11) is 0. The van der Waals surface area contributed by atoms with Crippen LogP contribution in [0.15, 0.2) is 36.4 Å². The molecule has 1 nitrogen and oxygen atoms in total. The Kier molecular flexibility index (Phi) is 2.89. The van der Waals surface area contributed by atoms with E-state index in [0.717, 1.165) is 0 Å². The van der Waals surface area contributed by atoms with E-state index in [1.165, 1.54) is 11.1 Å². The van der Waals surface area contributed by atoms with Gasteiger partial charge in [-0.25, -0.2) is 0 Å². The summed E-state index contributed by atoms with van der Waals surface area (Å²) in [5.74, 6) is 0. The highest BCUT2D eigenvalue weighted by Crippen LogP contribution is 2.24. The monoisotopic (exact) mass is 175 g/mol. The first-order chi connectivity index (χ1) is 6.05. The second-order valence-electron chi connectivity index (χ2n) is 3.79. The van der Waals surface area contributed by atoms with E-state index < -0.39 is 0 Å². The van der Waals surface area contributed by atoms with Gasteiger partial charge in [0.05, 0.1) is 0 Å². The molecule has 1 aromatic rings. The first kappa shape index (κ1) is 10.0. The Morgan fingerprint density at radius 3 is 2.15 bits per heavy atom. The van der Waals surface area contributed by atoms with E-state index in [-0.39, 0.29) is 5.54 Å². The summed E-state index contributed by atoms with van der Waals surface area (Å²) in [6.07, 6.45) is 2.08. The zero-order chi connectivity index (χ0) is 9.90.